The zero-order valence-electron chi connectivity index (χ0n) is 13.9. The molecule has 1 aliphatic heterocycles. The molecule has 5 nitrogen and oxygen atoms in total. The molecule has 1 aromatic heterocycles. The molecule has 1 aromatic rings. The third-order valence-electron chi connectivity index (χ3n) is 3.99. The highest BCUT2D eigenvalue weighted by atomic mass is 32.2. The van der Waals surface area contributed by atoms with Crippen LogP contribution in [0, 0.1) is 0 Å². The Morgan fingerprint density at radius 3 is 2.77 bits per heavy atom. The van der Waals surface area contributed by atoms with Crippen molar-refractivity contribution in [1.29, 1.82) is 0 Å². The molecule has 0 aromatic carbocycles. The fraction of sp³-hybridized carbons (Fsp3) is 0.733. The Morgan fingerprint density at radius 1 is 1.50 bits per heavy atom. The number of nitrogens with zero attached hydrogens (tertiary/aromatic N) is 2. The van der Waals surface area contributed by atoms with Crippen molar-refractivity contribution in [2.75, 3.05) is 12.3 Å². The van der Waals surface area contributed by atoms with Crippen molar-refractivity contribution in [1.82, 2.24) is 15.2 Å². The summed E-state index contributed by atoms with van der Waals surface area (Å²) in [6, 6.07) is -0.100. The standard InChI is InChI=1S/C15H25N3O2S2/c1-10-11(2)22(20)7-6-18(10)14(19)16-8-12-9-21-13(17-12)15(3,4)5/h9-11H,6-8H2,1-5H3,(H,16,19)/t10-,11-,22+/m1/s1. The van der Waals surface area contributed by atoms with E-state index < -0.39 is 10.8 Å². The summed E-state index contributed by atoms with van der Waals surface area (Å²) in [5.74, 6) is 0.559. The van der Waals surface area contributed by atoms with Crippen molar-refractivity contribution < 1.29 is 9.00 Å². The number of hydrogen-bond acceptors (Lipinski definition) is 4. The first kappa shape index (κ1) is 17.4. The molecule has 2 amide bonds. The van der Waals surface area contributed by atoms with Gasteiger partial charge in [-0.2, -0.15) is 0 Å². The molecule has 2 rings (SSSR count). The molecule has 1 saturated heterocycles. The van der Waals surface area contributed by atoms with E-state index in [9.17, 15) is 9.00 Å². The molecule has 1 N–H and O–H groups in total. The zero-order chi connectivity index (χ0) is 16.5. The Bertz CT molecular complexity index is 565. The van der Waals surface area contributed by atoms with Crippen molar-refractivity contribution >= 4 is 28.2 Å². The molecule has 7 heteroatoms. The largest absolute Gasteiger partial charge is 0.332 e. The van der Waals surface area contributed by atoms with Crippen molar-refractivity contribution in [2.24, 2.45) is 0 Å². The van der Waals surface area contributed by atoms with Crippen LogP contribution in [0.3, 0.4) is 0 Å². The van der Waals surface area contributed by atoms with Gasteiger partial charge in [0.15, 0.2) is 0 Å². The molecular formula is C15H25N3O2S2. The molecule has 0 bridgehead atoms. The van der Waals surface area contributed by atoms with Crippen LogP contribution in [0.1, 0.15) is 45.3 Å². The van der Waals surface area contributed by atoms with Gasteiger partial charge in [0.2, 0.25) is 0 Å². The maximum atomic E-state index is 12.3. The molecule has 1 aliphatic rings. The summed E-state index contributed by atoms with van der Waals surface area (Å²) < 4.78 is 11.8. The third kappa shape index (κ3) is 3.87. The van der Waals surface area contributed by atoms with Crippen molar-refractivity contribution in [3.63, 3.8) is 0 Å². The Labute approximate surface area is 139 Å². The van der Waals surface area contributed by atoms with E-state index in [4.69, 9.17) is 0 Å². The molecule has 22 heavy (non-hydrogen) atoms. The number of carbonyl (C=O) groups is 1. The van der Waals surface area contributed by atoms with Crippen LogP contribution in [0.25, 0.3) is 0 Å². The summed E-state index contributed by atoms with van der Waals surface area (Å²) in [6.45, 7) is 11.3. The van der Waals surface area contributed by atoms with E-state index >= 15 is 0 Å². The van der Waals surface area contributed by atoms with Crippen molar-refractivity contribution in [2.45, 2.75) is 57.9 Å². The van der Waals surface area contributed by atoms with Gasteiger partial charge in [0.1, 0.15) is 0 Å². The maximum Gasteiger partial charge on any atom is 0.318 e. The second-order valence-corrected chi connectivity index (χ2v) is 9.55. The van der Waals surface area contributed by atoms with Gasteiger partial charge in [-0.3, -0.25) is 4.21 Å². The van der Waals surface area contributed by atoms with Gasteiger partial charge in [0, 0.05) is 39.9 Å². The molecule has 0 spiro atoms. The van der Waals surface area contributed by atoms with E-state index in [-0.39, 0.29) is 22.7 Å². The Hall–Kier alpha value is -0.950. The van der Waals surface area contributed by atoms with Crippen LogP contribution in [0.5, 0.6) is 0 Å². The van der Waals surface area contributed by atoms with Gasteiger partial charge in [0.05, 0.1) is 22.5 Å². The number of hydrogen-bond donors (Lipinski definition) is 1. The van der Waals surface area contributed by atoms with Gasteiger partial charge in [-0.15, -0.1) is 11.3 Å². The second kappa shape index (κ2) is 6.66. The monoisotopic (exact) mass is 343 g/mol. The van der Waals surface area contributed by atoms with Crippen LogP contribution in [-0.2, 0) is 22.8 Å². The highest BCUT2D eigenvalue weighted by Crippen LogP contribution is 2.25. The first-order valence-electron chi connectivity index (χ1n) is 7.56. The lowest BCUT2D eigenvalue weighted by molar-refractivity contribution is 0.179. The quantitative estimate of drug-likeness (QED) is 0.897. The lowest BCUT2D eigenvalue weighted by Crippen LogP contribution is -2.55. The molecule has 3 atom stereocenters. The Morgan fingerprint density at radius 2 is 2.18 bits per heavy atom. The van der Waals surface area contributed by atoms with E-state index in [2.05, 4.69) is 31.1 Å². The molecule has 1 fully saturated rings. The number of thiazole rings is 1. The number of amides is 2. The molecule has 0 unspecified atom stereocenters. The third-order valence-corrected chi connectivity index (χ3v) is 7.12. The van der Waals surface area contributed by atoms with Crippen molar-refractivity contribution in [3.05, 3.63) is 16.1 Å². The summed E-state index contributed by atoms with van der Waals surface area (Å²) >= 11 is 1.63. The van der Waals surface area contributed by atoms with E-state index in [1.54, 1.807) is 16.2 Å². The first-order valence-corrected chi connectivity index (χ1v) is 9.83. The smallest absolute Gasteiger partial charge is 0.318 e. The van der Waals surface area contributed by atoms with Gasteiger partial charge in [-0.25, -0.2) is 9.78 Å². The number of aromatic nitrogens is 1. The SMILES string of the molecule is C[C@@H]1[C@@H](C)[S@@](=O)CCN1C(=O)NCc1csc(C(C)(C)C)n1. The summed E-state index contributed by atoms with van der Waals surface area (Å²) in [5.41, 5.74) is 0.929. The van der Waals surface area contributed by atoms with Crippen LogP contribution in [0.4, 0.5) is 4.79 Å². The predicted octanol–water partition coefficient (Wildman–Crippen LogP) is 2.49. The number of rotatable bonds is 2. The lowest BCUT2D eigenvalue weighted by atomic mass is 9.98. The summed E-state index contributed by atoms with van der Waals surface area (Å²) in [5, 5.41) is 6.03. The van der Waals surface area contributed by atoms with E-state index in [0.29, 0.717) is 18.8 Å². The minimum atomic E-state index is -0.831. The number of nitrogens with one attached hydrogen (secondary N) is 1. The summed E-state index contributed by atoms with van der Waals surface area (Å²) in [6.07, 6.45) is 0. The Balaban J connectivity index is 1.93. The van der Waals surface area contributed by atoms with Crippen LogP contribution >= 0.6 is 11.3 Å². The van der Waals surface area contributed by atoms with Gasteiger partial charge < -0.3 is 10.2 Å². The summed E-state index contributed by atoms with van der Waals surface area (Å²) in [7, 11) is -0.831. The average Bonchev–Trinajstić information content (AvgIpc) is 2.91. The van der Waals surface area contributed by atoms with Gasteiger partial charge >= 0.3 is 6.03 Å². The minimum absolute atomic E-state index is 0.00449. The molecule has 0 radical (unpaired) electrons. The van der Waals surface area contributed by atoms with E-state index in [1.165, 1.54) is 0 Å². The normalized spacial score (nSPS) is 26.0. The van der Waals surface area contributed by atoms with Gasteiger partial charge in [-0.1, -0.05) is 20.8 Å². The minimum Gasteiger partial charge on any atom is -0.332 e. The number of urea groups is 1. The van der Waals surface area contributed by atoms with Crippen LogP contribution < -0.4 is 5.32 Å². The molecular weight excluding hydrogens is 318 g/mol. The fourth-order valence-electron chi connectivity index (χ4n) is 2.34. The lowest BCUT2D eigenvalue weighted by Gasteiger charge is -2.37. The fourth-order valence-corrected chi connectivity index (χ4v) is 4.58. The summed E-state index contributed by atoms with van der Waals surface area (Å²) in [4.78, 5) is 18.7. The Kier molecular flexibility index (Phi) is 5.27. The van der Waals surface area contributed by atoms with E-state index in [1.807, 2.05) is 19.2 Å². The average molecular weight is 344 g/mol. The highest BCUT2D eigenvalue weighted by molar-refractivity contribution is 7.85. The van der Waals surface area contributed by atoms with Crippen LogP contribution in [-0.4, -0.2) is 43.7 Å². The first-order chi connectivity index (χ1) is 10.2. The van der Waals surface area contributed by atoms with Crippen LogP contribution in [0.2, 0.25) is 0 Å². The van der Waals surface area contributed by atoms with Gasteiger partial charge in [-0.05, 0) is 13.8 Å². The molecule has 0 saturated carbocycles. The van der Waals surface area contributed by atoms with Gasteiger partial charge in [0.25, 0.3) is 0 Å². The highest BCUT2D eigenvalue weighted by Gasteiger charge is 2.32. The molecule has 2 heterocycles. The molecule has 124 valence electrons. The van der Waals surface area contributed by atoms with E-state index in [0.717, 1.165) is 10.7 Å². The van der Waals surface area contributed by atoms with Crippen molar-refractivity contribution in [3.8, 4) is 0 Å². The topological polar surface area (TPSA) is 62.3 Å². The second-order valence-electron chi connectivity index (χ2n) is 6.78. The maximum absolute atomic E-state index is 12.3. The van der Waals surface area contributed by atoms with Crippen LogP contribution in [0.15, 0.2) is 5.38 Å². The number of carbonyl (C=O) groups excluding carboxylic acids is 1. The predicted molar refractivity (Wildman–Crippen MR) is 91.7 cm³/mol. The molecule has 0 aliphatic carbocycles. The zero-order valence-corrected chi connectivity index (χ0v) is 15.5.